The molecule has 1 aliphatic rings. The van der Waals surface area contributed by atoms with Crippen LogP contribution >= 0.6 is 12.4 Å². The summed E-state index contributed by atoms with van der Waals surface area (Å²) in [7, 11) is 1.63. The molecule has 0 aromatic heterocycles. The van der Waals surface area contributed by atoms with E-state index >= 15 is 0 Å². The van der Waals surface area contributed by atoms with Gasteiger partial charge in [0.1, 0.15) is 0 Å². The molecule has 3 nitrogen and oxygen atoms in total. The molecule has 0 spiro atoms. The monoisotopic (exact) mass is 151 g/mol. The summed E-state index contributed by atoms with van der Waals surface area (Å²) in [6, 6.07) is 0. The largest absolute Gasteiger partial charge is 0.272 e. The van der Waals surface area contributed by atoms with Crippen LogP contribution in [0.4, 0.5) is 0 Å². The van der Waals surface area contributed by atoms with E-state index in [4.69, 9.17) is 4.84 Å². The lowest BCUT2D eigenvalue weighted by molar-refractivity contribution is -0.154. The van der Waals surface area contributed by atoms with Crippen LogP contribution in [0.2, 0.25) is 0 Å². The highest BCUT2D eigenvalue weighted by Gasteiger charge is 2.25. The third kappa shape index (κ3) is 1.56. The molecule has 1 rings (SSSR count). The van der Waals surface area contributed by atoms with Gasteiger partial charge in [-0.25, -0.2) is 5.06 Å². The predicted octanol–water partition coefficient (Wildman–Crippen LogP) is 0.448. The van der Waals surface area contributed by atoms with Crippen LogP contribution in [0.5, 0.6) is 0 Å². The Morgan fingerprint density at radius 1 is 1.78 bits per heavy atom. The minimum atomic E-state index is 0. The van der Waals surface area contributed by atoms with E-state index in [1.165, 1.54) is 5.06 Å². The summed E-state index contributed by atoms with van der Waals surface area (Å²) < 4.78 is 0. The van der Waals surface area contributed by atoms with Crippen molar-refractivity contribution in [2.45, 2.75) is 6.92 Å². The first-order valence-electron chi connectivity index (χ1n) is 2.62. The van der Waals surface area contributed by atoms with Crippen molar-refractivity contribution in [3.05, 3.63) is 0 Å². The first kappa shape index (κ1) is 8.72. The zero-order chi connectivity index (χ0) is 6.15. The quantitative estimate of drug-likeness (QED) is 0.503. The first-order chi connectivity index (χ1) is 3.72. The SMILES string of the molecule is CC1CON(C)C1=O.Cl. The van der Waals surface area contributed by atoms with E-state index in [-0.39, 0.29) is 24.2 Å². The van der Waals surface area contributed by atoms with Crippen LogP contribution in [0, 0.1) is 5.92 Å². The van der Waals surface area contributed by atoms with Gasteiger partial charge in [0.2, 0.25) is 0 Å². The van der Waals surface area contributed by atoms with Gasteiger partial charge in [-0.05, 0) is 0 Å². The topological polar surface area (TPSA) is 29.5 Å². The van der Waals surface area contributed by atoms with Crippen LogP contribution in [0.3, 0.4) is 0 Å². The molecule has 0 aliphatic carbocycles. The van der Waals surface area contributed by atoms with Crippen molar-refractivity contribution in [1.29, 1.82) is 0 Å². The van der Waals surface area contributed by atoms with Gasteiger partial charge in [-0.1, -0.05) is 6.92 Å². The van der Waals surface area contributed by atoms with Crippen LogP contribution in [0.1, 0.15) is 6.92 Å². The van der Waals surface area contributed by atoms with Gasteiger partial charge < -0.3 is 0 Å². The van der Waals surface area contributed by atoms with Gasteiger partial charge in [0.05, 0.1) is 12.5 Å². The average molecular weight is 152 g/mol. The van der Waals surface area contributed by atoms with Crippen LogP contribution in [0.25, 0.3) is 0 Å². The second-order valence-electron chi connectivity index (χ2n) is 2.03. The molecule has 0 saturated carbocycles. The summed E-state index contributed by atoms with van der Waals surface area (Å²) in [5.41, 5.74) is 0. The third-order valence-corrected chi connectivity index (χ3v) is 1.25. The summed E-state index contributed by atoms with van der Waals surface area (Å²) in [6.07, 6.45) is 0. The molecule has 0 N–H and O–H groups in total. The van der Waals surface area contributed by atoms with Gasteiger partial charge in [0, 0.05) is 7.05 Å². The zero-order valence-corrected chi connectivity index (χ0v) is 6.27. The summed E-state index contributed by atoms with van der Waals surface area (Å²) in [5, 5.41) is 1.28. The maximum Gasteiger partial charge on any atom is 0.251 e. The van der Waals surface area contributed by atoms with E-state index in [1.54, 1.807) is 7.05 Å². The van der Waals surface area contributed by atoms with E-state index in [0.717, 1.165) is 0 Å². The molecule has 1 fully saturated rings. The Labute approximate surface area is 60.3 Å². The third-order valence-electron chi connectivity index (χ3n) is 1.25. The normalized spacial score (nSPS) is 26.2. The smallest absolute Gasteiger partial charge is 0.251 e. The molecule has 1 unspecified atom stereocenters. The highest BCUT2D eigenvalue weighted by Crippen LogP contribution is 2.09. The van der Waals surface area contributed by atoms with Gasteiger partial charge in [-0.15, -0.1) is 12.4 Å². The lowest BCUT2D eigenvalue weighted by atomic mass is 10.2. The fraction of sp³-hybridized carbons (Fsp3) is 0.800. The molecule has 0 aromatic carbocycles. The molecular formula is C5H10ClNO2. The molecule has 0 radical (unpaired) electrons. The van der Waals surface area contributed by atoms with Crippen molar-refractivity contribution in [2.24, 2.45) is 5.92 Å². The fourth-order valence-corrected chi connectivity index (χ4v) is 0.669. The number of amides is 1. The molecule has 0 bridgehead atoms. The second kappa shape index (κ2) is 3.03. The van der Waals surface area contributed by atoms with Crippen molar-refractivity contribution in [3.63, 3.8) is 0 Å². The number of carbonyl (C=O) groups is 1. The number of hydroxylamine groups is 2. The number of hydrogen-bond acceptors (Lipinski definition) is 2. The van der Waals surface area contributed by atoms with E-state index < -0.39 is 0 Å². The van der Waals surface area contributed by atoms with Gasteiger partial charge in [0.25, 0.3) is 5.91 Å². The minimum Gasteiger partial charge on any atom is -0.272 e. The predicted molar refractivity (Wildman–Crippen MR) is 35.1 cm³/mol. The molecule has 1 aliphatic heterocycles. The summed E-state index contributed by atoms with van der Waals surface area (Å²) in [5.74, 6) is 0.130. The van der Waals surface area contributed by atoms with Crippen molar-refractivity contribution in [1.82, 2.24) is 5.06 Å². The van der Waals surface area contributed by atoms with E-state index in [1.807, 2.05) is 6.92 Å². The van der Waals surface area contributed by atoms with Crippen LogP contribution < -0.4 is 0 Å². The van der Waals surface area contributed by atoms with E-state index in [2.05, 4.69) is 0 Å². The number of carbonyl (C=O) groups excluding carboxylic acids is 1. The number of rotatable bonds is 0. The Morgan fingerprint density at radius 2 is 2.33 bits per heavy atom. The van der Waals surface area contributed by atoms with Crippen LogP contribution in [-0.2, 0) is 9.63 Å². The highest BCUT2D eigenvalue weighted by atomic mass is 35.5. The van der Waals surface area contributed by atoms with E-state index in [9.17, 15) is 4.79 Å². The number of hydrogen-bond donors (Lipinski definition) is 0. The molecule has 1 amide bonds. The van der Waals surface area contributed by atoms with Crippen LogP contribution in [-0.4, -0.2) is 24.6 Å². The van der Waals surface area contributed by atoms with Crippen molar-refractivity contribution in [2.75, 3.05) is 13.7 Å². The Bertz CT molecular complexity index is 106. The Hall–Kier alpha value is -0.280. The molecular weight excluding hydrogens is 142 g/mol. The Kier molecular flexibility index (Phi) is 2.94. The number of halogens is 1. The molecule has 1 heterocycles. The molecule has 9 heavy (non-hydrogen) atoms. The first-order valence-corrected chi connectivity index (χ1v) is 2.62. The molecule has 4 heteroatoms. The van der Waals surface area contributed by atoms with Gasteiger partial charge >= 0.3 is 0 Å². The van der Waals surface area contributed by atoms with Crippen molar-refractivity contribution < 1.29 is 9.63 Å². The standard InChI is InChI=1S/C5H9NO2.ClH/c1-4-3-8-6(2)5(4)7;/h4H,3H2,1-2H3;1H. The highest BCUT2D eigenvalue weighted by molar-refractivity contribution is 5.85. The number of nitrogens with zero attached hydrogens (tertiary/aromatic N) is 1. The summed E-state index contributed by atoms with van der Waals surface area (Å²) >= 11 is 0. The minimum absolute atomic E-state index is 0. The molecule has 1 saturated heterocycles. The molecule has 0 aromatic rings. The Morgan fingerprint density at radius 3 is 2.44 bits per heavy atom. The lowest BCUT2D eigenvalue weighted by Crippen LogP contribution is -2.19. The average Bonchev–Trinajstić information content (AvgIpc) is 1.98. The summed E-state index contributed by atoms with van der Waals surface area (Å²) in [4.78, 5) is 15.6. The maximum absolute atomic E-state index is 10.7. The second-order valence-corrected chi connectivity index (χ2v) is 2.03. The van der Waals surface area contributed by atoms with Crippen molar-refractivity contribution in [3.8, 4) is 0 Å². The van der Waals surface area contributed by atoms with Crippen molar-refractivity contribution >= 4 is 18.3 Å². The van der Waals surface area contributed by atoms with Crippen LogP contribution in [0.15, 0.2) is 0 Å². The zero-order valence-electron chi connectivity index (χ0n) is 5.46. The molecule has 1 atom stereocenters. The maximum atomic E-state index is 10.7. The van der Waals surface area contributed by atoms with Gasteiger partial charge in [-0.3, -0.25) is 9.63 Å². The lowest BCUT2D eigenvalue weighted by Gasteiger charge is -2.03. The summed E-state index contributed by atoms with van der Waals surface area (Å²) in [6.45, 7) is 2.39. The Balaban J connectivity index is 0.000000640. The van der Waals surface area contributed by atoms with Gasteiger partial charge in [-0.2, -0.15) is 0 Å². The fourth-order valence-electron chi connectivity index (χ4n) is 0.669. The molecule has 54 valence electrons. The van der Waals surface area contributed by atoms with E-state index in [0.29, 0.717) is 6.61 Å². The van der Waals surface area contributed by atoms with Gasteiger partial charge in [0.15, 0.2) is 0 Å².